The summed E-state index contributed by atoms with van der Waals surface area (Å²) >= 11 is 5.43. The van der Waals surface area contributed by atoms with E-state index in [-0.39, 0.29) is 18.1 Å². The summed E-state index contributed by atoms with van der Waals surface area (Å²) < 4.78 is 28.2. The lowest BCUT2D eigenvalue weighted by molar-refractivity contribution is -0.0501. The van der Waals surface area contributed by atoms with Crippen LogP contribution in [0, 0.1) is 0 Å². The highest BCUT2D eigenvalue weighted by atomic mass is 35.5. The minimum atomic E-state index is -2.92. The number of alkyl halides is 3. The number of hydrogen-bond donors (Lipinski definition) is 2. The van der Waals surface area contributed by atoms with Gasteiger partial charge in [-0.1, -0.05) is 12.1 Å². The van der Waals surface area contributed by atoms with E-state index >= 15 is 0 Å². The van der Waals surface area contributed by atoms with Crippen molar-refractivity contribution in [1.29, 1.82) is 0 Å². The molecule has 2 atom stereocenters. The van der Waals surface area contributed by atoms with E-state index in [0.29, 0.717) is 5.56 Å². The van der Waals surface area contributed by atoms with E-state index < -0.39 is 18.8 Å². The van der Waals surface area contributed by atoms with Gasteiger partial charge in [0.15, 0.2) is 0 Å². The van der Waals surface area contributed by atoms with E-state index in [1.54, 1.807) is 0 Å². The summed E-state index contributed by atoms with van der Waals surface area (Å²) in [5, 5.41) is 19.2. The third kappa shape index (κ3) is 4.46. The van der Waals surface area contributed by atoms with Crippen LogP contribution in [0.5, 0.6) is 5.75 Å². The minimum absolute atomic E-state index is 0.0605. The highest BCUT2D eigenvalue weighted by Crippen LogP contribution is 2.24. The van der Waals surface area contributed by atoms with Crippen LogP contribution in [-0.4, -0.2) is 28.8 Å². The normalized spacial score (nSPS) is 14.7. The number of halogens is 3. The van der Waals surface area contributed by atoms with E-state index in [2.05, 4.69) is 4.74 Å². The van der Waals surface area contributed by atoms with Gasteiger partial charge in [-0.15, -0.1) is 11.6 Å². The van der Waals surface area contributed by atoms with Gasteiger partial charge in [-0.3, -0.25) is 0 Å². The average Bonchev–Trinajstić information content (AvgIpc) is 2.28. The van der Waals surface area contributed by atoms with Crippen LogP contribution in [0.2, 0.25) is 0 Å². The largest absolute Gasteiger partial charge is 0.435 e. The fraction of sp³-hybridized carbons (Fsp3) is 0.455. The van der Waals surface area contributed by atoms with Crippen molar-refractivity contribution in [3.8, 4) is 5.75 Å². The quantitative estimate of drug-likeness (QED) is 0.777. The van der Waals surface area contributed by atoms with Crippen LogP contribution in [0.15, 0.2) is 24.3 Å². The van der Waals surface area contributed by atoms with Gasteiger partial charge in [-0.2, -0.15) is 8.78 Å². The standard InChI is InChI=1S/C11H13ClF2O3/c12-5-4-9(15)10(16)7-2-1-3-8(6-7)17-11(13)14/h1-3,6,9-11,15-16H,4-5H2. The van der Waals surface area contributed by atoms with Gasteiger partial charge in [0.25, 0.3) is 0 Å². The van der Waals surface area contributed by atoms with Gasteiger partial charge in [-0.25, -0.2) is 0 Å². The third-order valence-electron chi connectivity index (χ3n) is 2.19. The van der Waals surface area contributed by atoms with Gasteiger partial charge >= 0.3 is 6.61 Å². The minimum Gasteiger partial charge on any atom is -0.435 e. The highest BCUT2D eigenvalue weighted by molar-refractivity contribution is 6.17. The Balaban J connectivity index is 2.76. The summed E-state index contributed by atoms with van der Waals surface area (Å²) in [6.07, 6.45) is -1.99. The molecule has 0 bridgehead atoms. The summed E-state index contributed by atoms with van der Waals surface area (Å²) in [4.78, 5) is 0. The first-order chi connectivity index (χ1) is 8.04. The van der Waals surface area contributed by atoms with Crippen LogP contribution >= 0.6 is 11.6 Å². The zero-order chi connectivity index (χ0) is 12.8. The van der Waals surface area contributed by atoms with E-state index in [4.69, 9.17) is 11.6 Å². The number of aliphatic hydroxyl groups excluding tert-OH is 2. The molecule has 96 valence electrons. The lowest BCUT2D eigenvalue weighted by Gasteiger charge is -2.17. The smallest absolute Gasteiger partial charge is 0.387 e. The van der Waals surface area contributed by atoms with E-state index in [1.165, 1.54) is 24.3 Å². The summed E-state index contributed by atoms with van der Waals surface area (Å²) in [5.74, 6) is 0.139. The summed E-state index contributed by atoms with van der Waals surface area (Å²) in [5.41, 5.74) is 0.306. The number of rotatable bonds is 6. The molecule has 0 saturated carbocycles. The SMILES string of the molecule is OC(CCCl)C(O)c1cccc(OC(F)F)c1. The molecule has 0 amide bonds. The Kier molecular flexibility index (Phi) is 5.61. The fourth-order valence-electron chi connectivity index (χ4n) is 1.37. The molecule has 2 unspecified atom stereocenters. The van der Waals surface area contributed by atoms with Crippen LogP contribution in [0.25, 0.3) is 0 Å². The maximum atomic E-state index is 12.0. The second kappa shape index (κ2) is 6.74. The van der Waals surface area contributed by atoms with Gasteiger partial charge < -0.3 is 14.9 Å². The van der Waals surface area contributed by atoms with Crippen molar-refractivity contribution in [2.75, 3.05) is 5.88 Å². The first-order valence-corrected chi connectivity index (χ1v) is 5.55. The van der Waals surface area contributed by atoms with Crippen molar-refractivity contribution >= 4 is 11.6 Å². The maximum Gasteiger partial charge on any atom is 0.387 e. The van der Waals surface area contributed by atoms with Crippen LogP contribution < -0.4 is 4.74 Å². The van der Waals surface area contributed by atoms with Crippen molar-refractivity contribution in [2.24, 2.45) is 0 Å². The molecule has 1 aromatic rings. The third-order valence-corrected chi connectivity index (χ3v) is 2.41. The highest BCUT2D eigenvalue weighted by Gasteiger charge is 2.18. The Morgan fingerprint density at radius 1 is 1.29 bits per heavy atom. The maximum absolute atomic E-state index is 12.0. The molecule has 6 heteroatoms. The molecule has 0 heterocycles. The molecule has 0 radical (unpaired) electrons. The van der Waals surface area contributed by atoms with Crippen molar-refractivity contribution in [2.45, 2.75) is 25.2 Å². The number of hydrogen-bond acceptors (Lipinski definition) is 3. The molecule has 0 saturated heterocycles. The van der Waals surface area contributed by atoms with E-state index in [9.17, 15) is 19.0 Å². The van der Waals surface area contributed by atoms with Gasteiger partial charge in [-0.05, 0) is 24.1 Å². The topological polar surface area (TPSA) is 49.7 Å². The zero-order valence-corrected chi connectivity index (χ0v) is 9.65. The lowest BCUT2D eigenvalue weighted by Crippen LogP contribution is -2.18. The molecule has 0 aliphatic heterocycles. The molecule has 0 aromatic heterocycles. The molecule has 1 aromatic carbocycles. The van der Waals surface area contributed by atoms with Crippen LogP contribution in [0.4, 0.5) is 8.78 Å². The Hall–Kier alpha value is -0.910. The summed E-state index contributed by atoms with van der Waals surface area (Å²) in [6, 6.07) is 5.58. The van der Waals surface area contributed by atoms with Crippen molar-refractivity contribution in [3.05, 3.63) is 29.8 Å². The Morgan fingerprint density at radius 2 is 2.00 bits per heavy atom. The van der Waals surface area contributed by atoms with Gasteiger partial charge in [0.1, 0.15) is 11.9 Å². The van der Waals surface area contributed by atoms with Gasteiger partial charge in [0, 0.05) is 5.88 Å². The molecule has 0 fully saturated rings. The van der Waals surface area contributed by atoms with E-state index in [0.717, 1.165) is 0 Å². The Labute approximate surface area is 103 Å². The van der Waals surface area contributed by atoms with Crippen molar-refractivity contribution < 1.29 is 23.7 Å². The fourth-order valence-corrected chi connectivity index (χ4v) is 1.59. The number of benzene rings is 1. The van der Waals surface area contributed by atoms with Gasteiger partial charge in [0.2, 0.25) is 0 Å². The average molecular weight is 267 g/mol. The number of aliphatic hydroxyl groups is 2. The van der Waals surface area contributed by atoms with Crippen LogP contribution in [0.3, 0.4) is 0 Å². The molecule has 0 aliphatic carbocycles. The van der Waals surface area contributed by atoms with E-state index in [1.807, 2.05) is 0 Å². The monoisotopic (exact) mass is 266 g/mol. The Bertz CT molecular complexity index is 349. The van der Waals surface area contributed by atoms with Crippen molar-refractivity contribution in [3.63, 3.8) is 0 Å². The predicted molar refractivity (Wildman–Crippen MR) is 59.4 cm³/mol. The lowest BCUT2D eigenvalue weighted by atomic mass is 10.0. The number of ether oxygens (including phenoxy) is 1. The second-order valence-electron chi connectivity index (χ2n) is 3.44. The zero-order valence-electron chi connectivity index (χ0n) is 8.89. The Morgan fingerprint density at radius 3 is 2.59 bits per heavy atom. The molecule has 0 aliphatic rings. The van der Waals surface area contributed by atoms with Crippen molar-refractivity contribution in [1.82, 2.24) is 0 Å². The molecular formula is C11H13ClF2O3. The summed E-state index contributed by atoms with van der Waals surface area (Å²) in [6.45, 7) is -2.92. The van der Waals surface area contributed by atoms with Crippen LogP contribution in [-0.2, 0) is 0 Å². The molecule has 0 spiro atoms. The first-order valence-electron chi connectivity index (χ1n) is 5.01. The predicted octanol–water partition coefficient (Wildman–Crippen LogP) is 2.31. The molecular weight excluding hydrogens is 254 g/mol. The summed E-state index contributed by atoms with van der Waals surface area (Å²) in [7, 11) is 0. The second-order valence-corrected chi connectivity index (χ2v) is 3.82. The molecule has 1 rings (SSSR count). The van der Waals surface area contributed by atoms with Crippen LogP contribution in [0.1, 0.15) is 18.1 Å². The molecule has 3 nitrogen and oxygen atoms in total. The van der Waals surface area contributed by atoms with Gasteiger partial charge in [0.05, 0.1) is 6.10 Å². The molecule has 2 N–H and O–H groups in total. The first kappa shape index (κ1) is 14.2. The molecule has 17 heavy (non-hydrogen) atoms.